The lowest BCUT2D eigenvalue weighted by Gasteiger charge is -2.11. The van der Waals surface area contributed by atoms with E-state index in [1.54, 1.807) is 37.5 Å². The van der Waals surface area contributed by atoms with Gasteiger partial charge in [-0.05, 0) is 48.4 Å². The largest absolute Gasteiger partial charge is 0.493 e. The van der Waals surface area contributed by atoms with Crippen molar-refractivity contribution in [2.45, 2.75) is 26.2 Å². The van der Waals surface area contributed by atoms with Crippen LogP contribution in [-0.2, 0) is 0 Å². The predicted molar refractivity (Wildman–Crippen MR) is 109 cm³/mol. The maximum Gasteiger partial charge on any atom is 0.185 e. The van der Waals surface area contributed by atoms with Crippen LogP contribution in [0.25, 0.3) is 6.08 Å². The molecule has 1 aliphatic rings. The van der Waals surface area contributed by atoms with Crippen molar-refractivity contribution in [2.75, 3.05) is 26.9 Å². The molecule has 1 aliphatic heterocycles. The van der Waals surface area contributed by atoms with E-state index in [4.69, 9.17) is 18.9 Å². The molecular formula is C23H26O5. The van der Waals surface area contributed by atoms with E-state index < -0.39 is 0 Å². The van der Waals surface area contributed by atoms with Crippen LogP contribution in [0.15, 0.2) is 42.5 Å². The fraction of sp³-hybridized carbons (Fsp3) is 0.348. The fourth-order valence-corrected chi connectivity index (χ4v) is 2.82. The monoisotopic (exact) mass is 382 g/mol. The van der Waals surface area contributed by atoms with E-state index in [1.165, 1.54) is 0 Å². The molecule has 28 heavy (non-hydrogen) atoms. The van der Waals surface area contributed by atoms with Crippen LogP contribution in [-0.4, -0.2) is 32.7 Å². The quantitative estimate of drug-likeness (QED) is 0.368. The standard InChI is InChI=1S/C23H26O5/c1-3-4-12-26-20-10-7-17(15-22(20)25-2)6-9-19(24)18-8-11-21-23(16-18)28-14-5-13-27-21/h6-11,15-16H,3-5,12-14H2,1-2H3. The first-order valence-corrected chi connectivity index (χ1v) is 9.64. The molecule has 0 spiro atoms. The molecular weight excluding hydrogens is 356 g/mol. The minimum atomic E-state index is -0.0992. The molecule has 0 aliphatic carbocycles. The van der Waals surface area contributed by atoms with E-state index in [0.29, 0.717) is 48.4 Å². The van der Waals surface area contributed by atoms with Gasteiger partial charge in [0, 0.05) is 12.0 Å². The Bertz CT molecular complexity index is 841. The van der Waals surface area contributed by atoms with Gasteiger partial charge in [-0.3, -0.25) is 4.79 Å². The third kappa shape index (κ3) is 5.06. The molecule has 3 rings (SSSR count). The summed E-state index contributed by atoms with van der Waals surface area (Å²) in [6.45, 7) is 3.99. The van der Waals surface area contributed by atoms with Gasteiger partial charge in [0.25, 0.3) is 0 Å². The highest BCUT2D eigenvalue weighted by molar-refractivity contribution is 6.07. The van der Waals surface area contributed by atoms with Gasteiger partial charge in [-0.2, -0.15) is 0 Å². The van der Waals surface area contributed by atoms with E-state index in [1.807, 2.05) is 18.2 Å². The van der Waals surface area contributed by atoms with Crippen LogP contribution in [0.5, 0.6) is 23.0 Å². The number of ketones is 1. The number of carbonyl (C=O) groups excluding carboxylic acids is 1. The van der Waals surface area contributed by atoms with Gasteiger partial charge in [0.2, 0.25) is 0 Å². The third-order valence-electron chi connectivity index (χ3n) is 4.40. The summed E-state index contributed by atoms with van der Waals surface area (Å²) in [6, 6.07) is 10.9. The van der Waals surface area contributed by atoms with Crippen LogP contribution in [0.2, 0.25) is 0 Å². The number of ether oxygens (including phenoxy) is 4. The molecule has 0 radical (unpaired) electrons. The summed E-state index contributed by atoms with van der Waals surface area (Å²) < 4.78 is 22.4. The number of fused-ring (bicyclic) bond motifs is 1. The molecule has 0 bridgehead atoms. The van der Waals surface area contributed by atoms with Gasteiger partial charge in [-0.15, -0.1) is 0 Å². The summed E-state index contributed by atoms with van der Waals surface area (Å²) in [6.07, 6.45) is 6.22. The Morgan fingerprint density at radius 1 is 1.07 bits per heavy atom. The number of hydrogen-bond acceptors (Lipinski definition) is 5. The first kappa shape index (κ1) is 19.8. The zero-order valence-electron chi connectivity index (χ0n) is 16.4. The maximum atomic E-state index is 12.5. The molecule has 5 nitrogen and oxygen atoms in total. The van der Waals surface area contributed by atoms with Crippen LogP contribution in [0.4, 0.5) is 0 Å². The first-order chi connectivity index (χ1) is 13.7. The minimum absolute atomic E-state index is 0.0992. The normalized spacial score (nSPS) is 13.2. The number of methoxy groups -OCH3 is 1. The Kier molecular flexibility index (Phi) is 6.95. The second kappa shape index (κ2) is 9.83. The average molecular weight is 382 g/mol. The lowest BCUT2D eigenvalue weighted by Crippen LogP contribution is -1.99. The highest BCUT2D eigenvalue weighted by Gasteiger charge is 2.13. The fourth-order valence-electron chi connectivity index (χ4n) is 2.82. The van der Waals surface area contributed by atoms with E-state index in [2.05, 4.69) is 6.92 Å². The molecule has 2 aromatic carbocycles. The highest BCUT2D eigenvalue weighted by atomic mass is 16.5. The lowest BCUT2D eigenvalue weighted by molar-refractivity contribution is 0.104. The number of rotatable bonds is 8. The molecule has 2 aromatic rings. The Labute approximate surface area is 165 Å². The topological polar surface area (TPSA) is 54.0 Å². The lowest BCUT2D eigenvalue weighted by atomic mass is 10.1. The Morgan fingerprint density at radius 2 is 1.89 bits per heavy atom. The van der Waals surface area contributed by atoms with Gasteiger partial charge in [-0.25, -0.2) is 0 Å². The Hall–Kier alpha value is -2.95. The van der Waals surface area contributed by atoms with Crippen LogP contribution in [0.3, 0.4) is 0 Å². The van der Waals surface area contributed by atoms with Crippen molar-refractivity contribution < 1.29 is 23.7 Å². The van der Waals surface area contributed by atoms with Crippen molar-refractivity contribution in [3.63, 3.8) is 0 Å². The molecule has 0 amide bonds. The number of hydrogen-bond donors (Lipinski definition) is 0. The highest BCUT2D eigenvalue weighted by Crippen LogP contribution is 2.31. The third-order valence-corrected chi connectivity index (χ3v) is 4.40. The van der Waals surface area contributed by atoms with Crippen molar-refractivity contribution >= 4 is 11.9 Å². The first-order valence-electron chi connectivity index (χ1n) is 9.64. The summed E-state index contributed by atoms with van der Waals surface area (Å²) in [5.41, 5.74) is 1.43. The maximum absolute atomic E-state index is 12.5. The van der Waals surface area contributed by atoms with E-state index in [9.17, 15) is 4.79 Å². The van der Waals surface area contributed by atoms with Crippen molar-refractivity contribution in [1.82, 2.24) is 0 Å². The molecule has 5 heteroatoms. The molecule has 0 saturated carbocycles. The van der Waals surface area contributed by atoms with Gasteiger partial charge in [0.1, 0.15) is 0 Å². The zero-order valence-corrected chi connectivity index (χ0v) is 16.4. The summed E-state index contributed by atoms with van der Waals surface area (Å²) in [7, 11) is 1.61. The summed E-state index contributed by atoms with van der Waals surface area (Å²) in [5.74, 6) is 2.56. The SMILES string of the molecule is CCCCOc1ccc(C=CC(=O)c2ccc3c(c2)OCCCO3)cc1OC. The summed E-state index contributed by atoms with van der Waals surface area (Å²) in [5, 5.41) is 0. The van der Waals surface area contributed by atoms with Gasteiger partial charge >= 0.3 is 0 Å². The van der Waals surface area contributed by atoms with Crippen LogP contribution >= 0.6 is 0 Å². The van der Waals surface area contributed by atoms with E-state index >= 15 is 0 Å². The second-order valence-electron chi connectivity index (χ2n) is 6.52. The van der Waals surface area contributed by atoms with Gasteiger partial charge in [0.05, 0.1) is 26.9 Å². The molecule has 0 saturated heterocycles. The van der Waals surface area contributed by atoms with Crippen LogP contribution in [0, 0.1) is 0 Å². The number of unbranched alkanes of at least 4 members (excludes halogenated alkanes) is 1. The van der Waals surface area contributed by atoms with Crippen LogP contribution in [0.1, 0.15) is 42.1 Å². The molecule has 0 fully saturated rings. The molecule has 0 aromatic heterocycles. The minimum Gasteiger partial charge on any atom is -0.493 e. The van der Waals surface area contributed by atoms with E-state index in [0.717, 1.165) is 24.8 Å². The molecule has 0 unspecified atom stereocenters. The summed E-state index contributed by atoms with van der Waals surface area (Å²) >= 11 is 0. The van der Waals surface area contributed by atoms with E-state index in [-0.39, 0.29) is 5.78 Å². The molecule has 0 N–H and O–H groups in total. The predicted octanol–water partition coefficient (Wildman–Crippen LogP) is 4.93. The van der Waals surface area contributed by atoms with Gasteiger partial charge < -0.3 is 18.9 Å². The number of benzene rings is 2. The van der Waals surface area contributed by atoms with Crippen molar-refractivity contribution in [3.8, 4) is 23.0 Å². The van der Waals surface area contributed by atoms with Crippen molar-refractivity contribution in [1.29, 1.82) is 0 Å². The van der Waals surface area contributed by atoms with Crippen LogP contribution < -0.4 is 18.9 Å². The average Bonchev–Trinajstić information content (AvgIpc) is 2.97. The van der Waals surface area contributed by atoms with Gasteiger partial charge in [-0.1, -0.05) is 25.5 Å². The van der Waals surface area contributed by atoms with Gasteiger partial charge in [0.15, 0.2) is 28.8 Å². The van der Waals surface area contributed by atoms with Crippen molar-refractivity contribution in [3.05, 3.63) is 53.6 Å². The molecule has 0 atom stereocenters. The Morgan fingerprint density at radius 3 is 2.68 bits per heavy atom. The summed E-state index contributed by atoms with van der Waals surface area (Å²) in [4.78, 5) is 12.5. The zero-order chi connectivity index (χ0) is 19.8. The Balaban J connectivity index is 1.70. The number of allylic oxidation sites excluding steroid dienone is 1. The number of carbonyl (C=O) groups is 1. The molecule has 148 valence electrons. The smallest absolute Gasteiger partial charge is 0.185 e. The van der Waals surface area contributed by atoms with Crippen molar-refractivity contribution in [2.24, 2.45) is 0 Å². The second-order valence-corrected chi connectivity index (χ2v) is 6.52. The molecule has 1 heterocycles.